The van der Waals surface area contributed by atoms with Crippen LogP contribution in [0.3, 0.4) is 0 Å². The molecule has 0 bridgehead atoms. The van der Waals surface area contributed by atoms with E-state index >= 15 is 0 Å². The summed E-state index contributed by atoms with van der Waals surface area (Å²) in [5.41, 5.74) is 0.999. The first-order valence-electron chi connectivity index (χ1n) is 22.3. The average molecular weight is 901 g/mol. The monoisotopic (exact) mass is 900 g/mol. The quantitative estimate of drug-likeness (QED) is 0.0577. The molecule has 0 amide bonds. The van der Waals surface area contributed by atoms with Gasteiger partial charge in [-0.05, 0) is 111 Å². The zero-order valence-corrected chi connectivity index (χ0v) is 38.1. The minimum Gasteiger partial charge on any atom is -0.502 e. The molecule has 2 atom stereocenters. The van der Waals surface area contributed by atoms with E-state index in [1.54, 1.807) is 24.3 Å². The number of aliphatic hydroxyl groups is 1. The van der Waals surface area contributed by atoms with Crippen LogP contribution < -0.4 is 9.47 Å². The first kappa shape index (κ1) is 45.2. The molecule has 15 heteroatoms. The van der Waals surface area contributed by atoms with E-state index in [0.717, 1.165) is 104 Å². The van der Waals surface area contributed by atoms with Crippen LogP contribution in [-0.2, 0) is 52.7 Å². The number of hydrogen-bond donors (Lipinski definition) is 1. The van der Waals surface area contributed by atoms with E-state index in [9.17, 15) is 14.7 Å². The Morgan fingerprint density at radius 3 is 1.62 bits per heavy atom. The molecule has 8 rings (SSSR count). The number of carbonyl (C=O) groups is 2. The van der Waals surface area contributed by atoms with E-state index < -0.39 is 17.7 Å². The average Bonchev–Trinajstić information content (AvgIpc) is 4.15. The highest BCUT2D eigenvalue weighted by Crippen LogP contribution is 2.51. The summed E-state index contributed by atoms with van der Waals surface area (Å²) in [5.74, 6) is -1.49. The standard InChI is InChI=1S/C48H60N4O9S2/c1-56-37-13-29-62-39(37)32-51(25-19-45(41-11-3-9-23-49-41)21-27-58-47(34-45)15-5-6-16-47)60-43(54)31-36(53)44(55)61-52(33-40-38(57-2)14-30-63-40)26-20-46(42-12-4-10-24-50-42)22-28-59-48(35-46)17-7-8-18-48/h3-4,9-14,23-24,29-31,53H,5-8,15-22,25-28,32-35H2,1-2H3/b36-31+/t45-,46-/m1/s1. The third kappa shape index (κ3) is 10.6. The third-order valence-corrected chi connectivity index (χ3v) is 15.6. The van der Waals surface area contributed by atoms with Crippen molar-refractivity contribution in [1.29, 1.82) is 0 Å². The highest BCUT2D eigenvalue weighted by Gasteiger charge is 2.50. The molecule has 0 radical (unpaired) electrons. The molecule has 1 N–H and O–H groups in total. The minimum atomic E-state index is -1.07. The predicted molar refractivity (Wildman–Crippen MR) is 239 cm³/mol. The summed E-state index contributed by atoms with van der Waals surface area (Å²) in [6, 6.07) is 15.8. The summed E-state index contributed by atoms with van der Waals surface area (Å²) in [6.07, 6.45) is 17.6. The lowest BCUT2D eigenvalue weighted by Crippen LogP contribution is -2.48. The Labute approximate surface area is 378 Å². The second kappa shape index (κ2) is 20.2. The number of methoxy groups -OCH3 is 2. The summed E-state index contributed by atoms with van der Waals surface area (Å²) < 4.78 is 24.2. The van der Waals surface area contributed by atoms with Crippen LogP contribution in [-0.4, -0.2) is 88.9 Å². The Balaban J connectivity index is 0.995. The van der Waals surface area contributed by atoms with Gasteiger partial charge in [0.1, 0.15) is 11.5 Å². The van der Waals surface area contributed by atoms with Gasteiger partial charge >= 0.3 is 11.9 Å². The number of hydrogen-bond acceptors (Lipinski definition) is 15. The lowest BCUT2D eigenvalue weighted by molar-refractivity contribution is -0.196. The molecule has 6 heterocycles. The normalized spacial score (nSPS) is 23.1. The SMILES string of the molecule is COc1ccsc1CN(CC[C@@]1(c2ccccn2)CCOC2(CCCC2)C1)OC(=O)/C=C(/O)C(=O)ON(CC[C@@]1(c2ccccn2)CCOC2(CCCC2)C1)Cc1sccc1OC. The number of rotatable bonds is 18. The first-order chi connectivity index (χ1) is 30.7. The van der Waals surface area contributed by atoms with E-state index in [1.807, 2.05) is 59.6 Å². The summed E-state index contributed by atoms with van der Waals surface area (Å²) in [4.78, 5) is 50.8. The molecule has 338 valence electrons. The summed E-state index contributed by atoms with van der Waals surface area (Å²) in [7, 11) is 3.21. The number of aromatic nitrogens is 2. The highest BCUT2D eigenvalue weighted by molar-refractivity contribution is 7.10. The molecule has 63 heavy (non-hydrogen) atoms. The molecular formula is C48H60N4O9S2. The molecule has 2 spiro atoms. The second-order valence-electron chi connectivity index (χ2n) is 17.7. The minimum absolute atomic E-state index is 0.187. The fourth-order valence-electron chi connectivity index (χ4n) is 10.6. The molecule has 2 saturated carbocycles. The molecule has 4 fully saturated rings. The van der Waals surface area contributed by atoms with Gasteiger partial charge in [0, 0.05) is 60.9 Å². The van der Waals surface area contributed by atoms with Crippen molar-refractivity contribution in [2.45, 2.75) is 125 Å². The van der Waals surface area contributed by atoms with Crippen LogP contribution in [0.15, 0.2) is 83.5 Å². The summed E-state index contributed by atoms with van der Waals surface area (Å²) in [5, 5.41) is 18.2. The zero-order valence-electron chi connectivity index (χ0n) is 36.5. The van der Waals surface area contributed by atoms with Crippen LogP contribution >= 0.6 is 22.7 Å². The van der Waals surface area contributed by atoms with Crippen LogP contribution in [0.25, 0.3) is 0 Å². The van der Waals surface area contributed by atoms with Crippen molar-refractivity contribution in [3.05, 3.63) is 105 Å². The van der Waals surface area contributed by atoms with Gasteiger partial charge in [-0.3, -0.25) is 9.97 Å². The van der Waals surface area contributed by atoms with Gasteiger partial charge in [0.2, 0.25) is 5.76 Å². The van der Waals surface area contributed by atoms with Gasteiger partial charge in [-0.2, -0.15) is 0 Å². The van der Waals surface area contributed by atoms with Crippen LogP contribution in [0.2, 0.25) is 0 Å². The van der Waals surface area contributed by atoms with Gasteiger partial charge in [0.05, 0.1) is 54.3 Å². The van der Waals surface area contributed by atoms with Crippen molar-refractivity contribution >= 4 is 34.6 Å². The number of aliphatic hydroxyl groups excluding tert-OH is 1. The lowest BCUT2D eigenvalue weighted by atomic mass is 9.68. The van der Waals surface area contributed by atoms with Crippen LogP contribution in [0.5, 0.6) is 11.5 Å². The Morgan fingerprint density at radius 1 is 0.698 bits per heavy atom. The largest absolute Gasteiger partial charge is 0.502 e. The van der Waals surface area contributed by atoms with Gasteiger partial charge in [0.15, 0.2) is 0 Å². The second-order valence-corrected chi connectivity index (χ2v) is 19.7. The smallest absolute Gasteiger partial charge is 0.392 e. The molecule has 4 aromatic rings. The summed E-state index contributed by atoms with van der Waals surface area (Å²) in [6.45, 7) is 2.40. The van der Waals surface area contributed by atoms with Crippen molar-refractivity contribution in [2.24, 2.45) is 0 Å². The van der Waals surface area contributed by atoms with Crippen LogP contribution in [0, 0.1) is 0 Å². The van der Waals surface area contributed by atoms with Crippen molar-refractivity contribution in [3.63, 3.8) is 0 Å². The van der Waals surface area contributed by atoms with Gasteiger partial charge in [-0.25, -0.2) is 9.59 Å². The molecule has 13 nitrogen and oxygen atoms in total. The number of ether oxygens (including phenoxy) is 4. The van der Waals surface area contributed by atoms with E-state index in [0.29, 0.717) is 50.6 Å². The Bertz CT molecular complexity index is 2150. The molecule has 0 unspecified atom stereocenters. The highest BCUT2D eigenvalue weighted by atomic mass is 32.1. The molecule has 2 saturated heterocycles. The number of carbonyl (C=O) groups excluding carboxylic acids is 2. The van der Waals surface area contributed by atoms with Crippen molar-refractivity contribution in [1.82, 2.24) is 20.1 Å². The van der Waals surface area contributed by atoms with Gasteiger partial charge in [-0.1, -0.05) is 37.8 Å². The van der Waals surface area contributed by atoms with E-state index in [-0.39, 0.29) is 35.1 Å². The maximum Gasteiger partial charge on any atom is 0.392 e. The number of pyridine rings is 2. The molecule has 4 aliphatic rings. The Kier molecular flexibility index (Phi) is 14.5. The topological polar surface area (TPSA) is 142 Å². The lowest BCUT2D eigenvalue weighted by Gasteiger charge is -2.47. The van der Waals surface area contributed by atoms with Gasteiger partial charge < -0.3 is 33.7 Å². The summed E-state index contributed by atoms with van der Waals surface area (Å²) >= 11 is 2.98. The Morgan fingerprint density at radius 2 is 1.17 bits per heavy atom. The number of hydroxylamine groups is 4. The maximum absolute atomic E-state index is 13.8. The van der Waals surface area contributed by atoms with Crippen molar-refractivity contribution in [2.75, 3.05) is 40.5 Å². The van der Waals surface area contributed by atoms with E-state index in [1.165, 1.54) is 22.7 Å². The maximum atomic E-state index is 13.8. The fraction of sp³-hybridized carbons (Fsp3) is 0.542. The number of nitrogens with zero attached hydrogens (tertiary/aromatic N) is 4. The van der Waals surface area contributed by atoms with E-state index in [2.05, 4.69) is 12.1 Å². The molecule has 4 aromatic heterocycles. The zero-order chi connectivity index (χ0) is 43.8. The van der Waals surface area contributed by atoms with E-state index in [4.69, 9.17) is 38.6 Å². The predicted octanol–water partition coefficient (Wildman–Crippen LogP) is 9.18. The van der Waals surface area contributed by atoms with Crippen molar-refractivity contribution in [3.8, 4) is 11.5 Å². The van der Waals surface area contributed by atoms with Crippen LogP contribution in [0.1, 0.15) is 111 Å². The molecule has 0 aromatic carbocycles. The third-order valence-electron chi connectivity index (χ3n) is 13.8. The molecule has 2 aliphatic heterocycles. The molecular weight excluding hydrogens is 841 g/mol. The number of thiophene rings is 2. The molecule has 2 aliphatic carbocycles. The van der Waals surface area contributed by atoms with Crippen molar-refractivity contribution < 1.29 is 43.3 Å². The fourth-order valence-corrected chi connectivity index (χ4v) is 12.3. The first-order valence-corrected chi connectivity index (χ1v) is 24.1. The van der Waals surface area contributed by atoms with Gasteiger partial charge in [-0.15, -0.1) is 32.8 Å². The van der Waals surface area contributed by atoms with Crippen LogP contribution in [0.4, 0.5) is 0 Å². The Hall–Kier alpha value is -4.38. The van der Waals surface area contributed by atoms with Gasteiger partial charge in [0.25, 0.3) is 0 Å².